The topological polar surface area (TPSA) is 60.5 Å². The Morgan fingerprint density at radius 3 is 1.97 bits per heavy atom. The van der Waals surface area contributed by atoms with Gasteiger partial charge in [-0.05, 0) is 91.4 Å². The normalized spacial score (nSPS) is 15.1. The van der Waals surface area contributed by atoms with Gasteiger partial charge in [-0.1, -0.05) is 0 Å². The fourth-order valence-corrected chi connectivity index (χ4v) is 5.17. The molecule has 1 heterocycles. The third kappa shape index (κ3) is 5.56. The van der Waals surface area contributed by atoms with Crippen molar-refractivity contribution in [1.29, 1.82) is 0 Å². The molecule has 0 bridgehead atoms. The highest BCUT2D eigenvalue weighted by Gasteiger charge is 2.25. The van der Waals surface area contributed by atoms with Gasteiger partial charge in [0.1, 0.15) is 0 Å². The van der Waals surface area contributed by atoms with Crippen molar-refractivity contribution in [2.45, 2.75) is 25.7 Å². The van der Waals surface area contributed by atoms with Gasteiger partial charge in [-0.25, -0.2) is 0 Å². The Labute approximate surface area is 208 Å². The summed E-state index contributed by atoms with van der Waals surface area (Å²) in [4.78, 5) is 17.1. The second-order valence-electron chi connectivity index (χ2n) is 9.35. The van der Waals surface area contributed by atoms with Crippen molar-refractivity contribution in [1.82, 2.24) is 9.80 Å². The number of benzene rings is 2. The van der Waals surface area contributed by atoms with Crippen molar-refractivity contribution >= 4 is 12.0 Å². The first-order chi connectivity index (χ1) is 16.9. The molecule has 0 radical (unpaired) electrons. The summed E-state index contributed by atoms with van der Waals surface area (Å²) in [7, 11) is 8.76. The number of hydrogen-bond donors (Lipinski definition) is 0. The van der Waals surface area contributed by atoms with Gasteiger partial charge in [0.2, 0.25) is 5.91 Å². The summed E-state index contributed by atoms with van der Waals surface area (Å²) in [6.07, 6.45) is 7.26. The van der Waals surface area contributed by atoms with E-state index in [9.17, 15) is 4.79 Å². The van der Waals surface area contributed by atoms with Crippen LogP contribution in [0.15, 0.2) is 30.5 Å². The number of methoxy groups -OCH3 is 4. The van der Waals surface area contributed by atoms with Crippen LogP contribution in [0.25, 0.3) is 6.08 Å². The zero-order chi connectivity index (χ0) is 24.9. The number of rotatable bonds is 10. The van der Waals surface area contributed by atoms with Crippen LogP contribution in [0.1, 0.15) is 28.7 Å². The van der Waals surface area contributed by atoms with Crippen LogP contribution in [0.2, 0.25) is 0 Å². The number of fused-ring (bicyclic) bond motifs is 2. The van der Waals surface area contributed by atoms with Crippen LogP contribution in [0.4, 0.5) is 0 Å². The predicted octanol–water partition coefficient (Wildman–Crippen LogP) is 3.81. The maximum absolute atomic E-state index is 12.9. The van der Waals surface area contributed by atoms with Crippen molar-refractivity contribution in [2.75, 3.05) is 55.1 Å². The number of hydrogen-bond acceptors (Lipinski definition) is 6. The molecular formula is C28H36N2O5. The van der Waals surface area contributed by atoms with Gasteiger partial charge < -0.3 is 28.7 Å². The zero-order valence-electron chi connectivity index (χ0n) is 21.4. The molecule has 1 aliphatic carbocycles. The zero-order valence-corrected chi connectivity index (χ0v) is 21.4. The van der Waals surface area contributed by atoms with E-state index in [4.69, 9.17) is 18.9 Å². The average molecular weight is 481 g/mol. The van der Waals surface area contributed by atoms with E-state index in [-0.39, 0.29) is 5.91 Å². The largest absolute Gasteiger partial charge is 0.493 e. The Morgan fingerprint density at radius 2 is 1.40 bits per heavy atom. The maximum Gasteiger partial charge on any atom is 0.230 e. The molecule has 0 N–H and O–H groups in total. The molecule has 2 aromatic carbocycles. The molecule has 188 valence electrons. The molecule has 4 rings (SSSR count). The number of carbonyl (C=O) groups excluding carboxylic acids is 1. The molecule has 0 aromatic heterocycles. The monoisotopic (exact) mass is 480 g/mol. The second kappa shape index (κ2) is 11.0. The van der Waals surface area contributed by atoms with Crippen molar-refractivity contribution in [2.24, 2.45) is 5.92 Å². The molecular weight excluding hydrogens is 444 g/mol. The van der Waals surface area contributed by atoms with E-state index in [0.29, 0.717) is 30.4 Å². The van der Waals surface area contributed by atoms with E-state index in [1.165, 1.54) is 11.1 Å². The highest BCUT2D eigenvalue weighted by Crippen LogP contribution is 2.37. The molecule has 1 aliphatic heterocycles. The Bertz CT molecular complexity index is 1060. The number of carbonyl (C=O) groups is 1. The van der Waals surface area contributed by atoms with Crippen LogP contribution >= 0.6 is 0 Å². The third-order valence-corrected chi connectivity index (χ3v) is 6.97. The number of ether oxygens (including phenoxy) is 4. The highest BCUT2D eigenvalue weighted by atomic mass is 16.5. The van der Waals surface area contributed by atoms with Gasteiger partial charge in [-0.3, -0.25) is 4.79 Å². The summed E-state index contributed by atoms with van der Waals surface area (Å²) in [6.45, 7) is 2.65. The molecule has 0 saturated heterocycles. The lowest BCUT2D eigenvalue weighted by Gasteiger charge is -2.23. The minimum absolute atomic E-state index is 0.101. The van der Waals surface area contributed by atoms with E-state index in [1.807, 2.05) is 29.3 Å². The van der Waals surface area contributed by atoms with Crippen LogP contribution < -0.4 is 18.9 Å². The Balaban J connectivity index is 1.28. The van der Waals surface area contributed by atoms with E-state index in [1.54, 1.807) is 28.4 Å². The molecule has 0 atom stereocenters. The maximum atomic E-state index is 12.9. The van der Waals surface area contributed by atoms with Crippen molar-refractivity contribution in [3.63, 3.8) is 0 Å². The molecule has 1 amide bonds. The molecule has 35 heavy (non-hydrogen) atoms. The number of nitrogens with zero attached hydrogens (tertiary/aromatic N) is 2. The molecule has 0 fully saturated rings. The van der Waals surface area contributed by atoms with Crippen LogP contribution in [-0.2, 0) is 24.1 Å². The standard InChI is InChI=1S/C28H36N2O5/c1-29(18-19-11-21-14-25(33-3)26(34-4)15-22(21)12-19)8-6-9-30-10-7-20-13-24(32-2)27(35-5)16-23(20)17-28(30)31/h7,10,13-16,19H,6,8-9,11-12,17-18H2,1-5H3. The number of amides is 1. The lowest BCUT2D eigenvalue weighted by Crippen LogP contribution is -2.32. The summed E-state index contributed by atoms with van der Waals surface area (Å²) in [5.41, 5.74) is 4.66. The lowest BCUT2D eigenvalue weighted by atomic mass is 10.0. The molecule has 0 unspecified atom stereocenters. The summed E-state index contributed by atoms with van der Waals surface area (Å²) < 4.78 is 21.7. The van der Waals surface area contributed by atoms with Gasteiger partial charge in [-0.2, -0.15) is 0 Å². The molecule has 0 saturated carbocycles. The van der Waals surface area contributed by atoms with Gasteiger partial charge in [0, 0.05) is 19.3 Å². The Kier molecular flexibility index (Phi) is 7.86. The summed E-state index contributed by atoms with van der Waals surface area (Å²) >= 11 is 0. The van der Waals surface area contributed by atoms with Crippen molar-refractivity contribution in [3.05, 3.63) is 52.7 Å². The molecule has 2 aromatic rings. The van der Waals surface area contributed by atoms with Crippen LogP contribution in [0.5, 0.6) is 23.0 Å². The first-order valence-electron chi connectivity index (χ1n) is 12.1. The van der Waals surface area contributed by atoms with E-state index in [0.717, 1.165) is 55.0 Å². The van der Waals surface area contributed by atoms with Crippen LogP contribution in [-0.4, -0.2) is 70.8 Å². The van der Waals surface area contributed by atoms with Gasteiger partial charge in [-0.15, -0.1) is 0 Å². The van der Waals surface area contributed by atoms with E-state index < -0.39 is 0 Å². The smallest absolute Gasteiger partial charge is 0.230 e. The predicted molar refractivity (Wildman–Crippen MR) is 137 cm³/mol. The van der Waals surface area contributed by atoms with Gasteiger partial charge in [0.15, 0.2) is 23.0 Å². The van der Waals surface area contributed by atoms with Crippen LogP contribution in [0.3, 0.4) is 0 Å². The summed E-state index contributed by atoms with van der Waals surface area (Å²) in [6, 6.07) is 8.07. The fourth-order valence-electron chi connectivity index (χ4n) is 5.17. The van der Waals surface area contributed by atoms with Crippen molar-refractivity contribution < 1.29 is 23.7 Å². The molecule has 2 aliphatic rings. The Hall–Kier alpha value is -3.19. The van der Waals surface area contributed by atoms with Crippen LogP contribution in [0, 0.1) is 5.92 Å². The lowest BCUT2D eigenvalue weighted by molar-refractivity contribution is -0.127. The minimum Gasteiger partial charge on any atom is -0.493 e. The quantitative estimate of drug-likeness (QED) is 0.515. The molecule has 7 heteroatoms. The van der Waals surface area contributed by atoms with E-state index >= 15 is 0 Å². The Morgan fingerprint density at radius 1 is 0.857 bits per heavy atom. The van der Waals surface area contributed by atoms with Gasteiger partial charge in [0.05, 0.1) is 34.9 Å². The first-order valence-corrected chi connectivity index (χ1v) is 12.1. The third-order valence-electron chi connectivity index (χ3n) is 6.97. The van der Waals surface area contributed by atoms with Crippen molar-refractivity contribution in [3.8, 4) is 23.0 Å². The second-order valence-corrected chi connectivity index (χ2v) is 9.35. The highest BCUT2D eigenvalue weighted by molar-refractivity contribution is 5.84. The summed E-state index contributed by atoms with van der Waals surface area (Å²) in [5, 5.41) is 0. The first kappa shape index (κ1) is 24.9. The van der Waals surface area contributed by atoms with E-state index in [2.05, 4.69) is 24.1 Å². The average Bonchev–Trinajstić information content (AvgIpc) is 3.18. The fraction of sp³-hybridized carbons (Fsp3) is 0.464. The SMILES string of the molecule is COc1cc2c(cc1OC)CC(=O)N(CCCN(C)CC1Cc3cc(OC)c(OC)cc3C1)C=C2. The molecule has 7 nitrogen and oxygen atoms in total. The van der Waals surface area contributed by atoms with Gasteiger partial charge in [0.25, 0.3) is 0 Å². The van der Waals surface area contributed by atoms with Gasteiger partial charge >= 0.3 is 0 Å². The summed E-state index contributed by atoms with van der Waals surface area (Å²) in [5.74, 6) is 3.59. The minimum atomic E-state index is 0.101. The molecule has 0 spiro atoms.